The van der Waals surface area contributed by atoms with Gasteiger partial charge in [0.15, 0.2) is 0 Å². The van der Waals surface area contributed by atoms with Crippen molar-refractivity contribution in [2.45, 2.75) is 65.0 Å². The lowest BCUT2D eigenvalue weighted by Crippen LogP contribution is -2.42. The quantitative estimate of drug-likeness (QED) is 0.801. The maximum atomic E-state index is 11.7. The predicted octanol–water partition coefficient (Wildman–Crippen LogP) is 2.63. The number of hydrogen-bond donors (Lipinski definition) is 1. The average Bonchev–Trinajstić information content (AvgIpc) is 2.27. The highest BCUT2D eigenvalue weighted by Gasteiger charge is 2.30. The van der Waals surface area contributed by atoms with Crippen LogP contribution in [0.15, 0.2) is 0 Å². The van der Waals surface area contributed by atoms with E-state index in [2.05, 4.69) is 5.32 Å². The van der Waals surface area contributed by atoms with Gasteiger partial charge < -0.3 is 14.8 Å². The molecule has 1 aliphatic rings. The average molecular weight is 271 g/mol. The van der Waals surface area contributed by atoms with Crippen LogP contribution in [0.5, 0.6) is 0 Å². The number of carbonyl (C=O) groups excluding carboxylic acids is 2. The molecule has 0 aromatic rings. The van der Waals surface area contributed by atoms with Crippen molar-refractivity contribution in [3.63, 3.8) is 0 Å². The van der Waals surface area contributed by atoms with Crippen molar-refractivity contribution in [3.05, 3.63) is 0 Å². The van der Waals surface area contributed by atoms with Gasteiger partial charge in [-0.1, -0.05) is 6.42 Å². The summed E-state index contributed by atoms with van der Waals surface area (Å²) in [5.41, 5.74) is -0.501. The molecule has 0 spiro atoms. The largest absolute Gasteiger partial charge is 0.466 e. The fourth-order valence-electron chi connectivity index (χ4n) is 2.27. The summed E-state index contributed by atoms with van der Waals surface area (Å²) in [5.74, 6) is -0.258. The molecule has 0 aliphatic heterocycles. The van der Waals surface area contributed by atoms with Gasteiger partial charge in [-0.2, -0.15) is 0 Å². The van der Waals surface area contributed by atoms with Gasteiger partial charge in [-0.05, 0) is 47.0 Å². The molecule has 2 atom stereocenters. The van der Waals surface area contributed by atoms with E-state index >= 15 is 0 Å². The minimum Gasteiger partial charge on any atom is -0.466 e. The summed E-state index contributed by atoms with van der Waals surface area (Å²) in [7, 11) is 0. The molecular formula is C14H25NO4. The topological polar surface area (TPSA) is 64.6 Å². The number of nitrogens with one attached hydrogen (secondary N) is 1. The molecule has 1 N–H and O–H groups in total. The minimum absolute atomic E-state index is 0.00185. The van der Waals surface area contributed by atoms with Gasteiger partial charge in [0.1, 0.15) is 5.60 Å². The Labute approximate surface area is 115 Å². The third-order valence-corrected chi connectivity index (χ3v) is 3.01. The van der Waals surface area contributed by atoms with Crippen LogP contribution in [0.25, 0.3) is 0 Å². The van der Waals surface area contributed by atoms with Gasteiger partial charge in [-0.3, -0.25) is 4.79 Å². The van der Waals surface area contributed by atoms with Gasteiger partial charge in [-0.15, -0.1) is 0 Å². The molecule has 19 heavy (non-hydrogen) atoms. The van der Waals surface area contributed by atoms with E-state index in [4.69, 9.17) is 9.47 Å². The van der Waals surface area contributed by atoms with E-state index in [1.54, 1.807) is 6.92 Å². The van der Waals surface area contributed by atoms with Crippen LogP contribution in [0, 0.1) is 5.92 Å². The van der Waals surface area contributed by atoms with Crippen LogP contribution >= 0.6 is 0 Å². The first-order valence-electron chi connectivity index (χ1n) is 6.98. The van der Waals surface area contributed by atoms with Crippen LogP contribution < -0.4 is 5.32 Å². The zero-order valence-electron chi connectivity index (χ0n) is 12.3. The summed E-state index contributed by atoms with van der Waals surface area (Å²) in [6.07, 6.45) is 2.87. The Balaban J connectivity index is 2.42. The Bertz CT molecular complexity index is 322. The minimum atomic E-state index is -0.501. The maximum Gasteiger partial charge on any atom is 0.407 e. The number of alkyl carbamates (subject to hydrolysis) is 1. The van der Waals surface area contributed by atoms with Crippen LogP contribution in [0.4, 0.5) is 4.79 Å². The molecule has 1 fully saturated rings. The van der Waals surface area contributed by atoms with Crippen molar-refractivity contribution in [3.8, 4) is 0 Å². The van der Waals surface area contributed by atoms with Gasteiger partial charge in [0, 0.05) is 6.04 Å². The Morgan fingerprint density at radius 1 is 1.26 bits per heavy atom. The predicted molar refractivity (Wildman–Crippen MR) is 71.7 cm³/mol. The molecule has 0 aromatic carbocycles. The van der Waals surface area contributed by atoms with E-state index in [0.717, 1.165) is 19.3 Å². The SMILES string of the molecule is CCOC(=O)[C@@H]1CCC[C@@H](NC(=O)OC(C)(C)C)C1. The van der Waals surface area contributed by atoms with E-state index in [1.165, 1.54) is 0 Å². The molecule has 1 rings (SSSR count). The lowest BCUT2D eigenvalue weighted by atomic mass is 9.86. The Morgan fingerprint density at radius 2 is 1.95 bits per heavy atom. The molecule has 0 bridgehead atoms. The van der Waals surface area contributed by atoms with Crippen molar-refractivity contribution in [2.75, 3.05) is 6.61 Å². The molecule has 5 nitrogen and oxygen atoms in total. The fourth-order valence-corrected chi connectivity index (χ4v) is 2.27. The third-order valence-electron chi connectivity index (χ3n) is 3.01. The normalized spacial score (nSPS) is 23.6. The first-order chi connectivity index (χ1) is 8.81. The zero-order valence-corrected chi connectivity index (χ0v) is 12.3. The van der Waals surface area contributed by atoms with Crippen molar-refractivity contribution in [2.24, 2.45) is 5.92 Å². The summed E-state index contributed by atoms with van der Waals surface area (Å²) in [6.45, 7) is 7.69. The molecule has 1 saturated carbocycles. The molecule has 0 radical (unpaired) electrons. The Morgan fingerprint density at radius 3 is 2.53 bits per heavy atom. The van der Waals surface area contributed by atoms with Gasteiger partial charge in [-0.25, -0.2) is 4.79 Å². The van der Waals surface area contributed by atoms with Crippen LogP contribution in [-0.4, -0.2) is 30.3 Å². The third kappa shape index (κ3) is 5.94. The lowest BCUT2D eigenvalue weighted by Gasteiger charge is -2.29. The zero-order chi connectivity index (χ0) is 14.5. The van der Waals surface area contributed by atoms with E-state index in [0.29, 0.717) is 13.0 Å². The molecule has 0 heterocycles. The highest BCUT2D eigenvalue weighted by molar-refractivity contribution is 5.73. The van der Waals surface area contributed by atoms with Crippen LogP contribution in [0.1, 0.15) is 53.4 Å². The second-order valence-corrected chi connectivity index (χ2v) is 5.96. The number of rotatable bonds is 3. The van der Waals surface area contributed by atoms with Crippen molar-refractivity contribution in [1.82, 2.24) is 5.32 Å². The highest BCUT2D eigenvalue weighted by Crippen LogP contribution is 2.25. The molecule has 0 unspecified atom stereocenters. The van der Waals surface area contributed by atoms with Crippen LogP contribution in [0.3, 0.4) is 0 Å². The van der Waals surface area contributed by atoms with Crippen molar-refractivity contribution >= 4 is 12.1 Å². The van der Waals surface area contributed by atoms with E-state index in [9.17, 15) is 9.59 Å². The molecule has 5 heteroatoms. The van der Waals surface area contributed by atoms with Crippen molar-refractivity contribution in [1.29, 1.82) is 0 Å². The van der Waals surface area contributed by atoms with Gasteiger partial charge in [0.05, 0.1) is 12.5 Å². The van der Waals surface area contributed by atoms with E-state index in [-0.39, 0.29) is 17.9 Å². The molecule has 1 aliphatic carbocycles. The Hall–Kier alpha value is -1.26. The molecular weight excluding hydrogens is 246 g/mol. The Kier molecular flexibility index (Phi) is 5.63. The molecule has 0 saturated heterocycles. The van der Waals surface area contributed by atoms with Gasteiger partial charge >= 0.3 is 12.1 Å². The maximum absolute atomic E-state index is 11.7. The van der Waals surface area contributed by atoms with Crippen LogP contribution in [0.2, 0.25) is 0 Å². The first kappa shape index (κ1) is 15.8. The first-order valence-corrected chi connectivity index (χ1v) is 6.98. The van der Waals surface area contributed by atoms with Gasteiger partial charge in [0.2, 0.25) is 0 Å². The number of esters is 1. The summed E-state index contributed by atoms with van der Waals surface area (Å²) < 4.78 is 10.2. The number of carbonyl (C=O) groups is 2. The number of hydrogen-bond acceptors (Lipinski definition) is 4. The standard InChI is InChI=1S/C14H25NO4/c1-5-18-12(16)10-7-6-8-11(9-10)15-13(17)19-14(2,3)4/h10-11H,5-9H2,1-4H3,(H,15,17)/t10-,11-/m1/s1. The van der Waals surface area contributed by atoms with E-state index in [1.807, 2.05) is 20.8 Å². The summed E-state index contributed by atoms with van der Waals surface area (Å²) in [5, 5.41) is 2.83. The van der Waals surface area contributed by atoms with Crippen molar-refractivity contribution < 1.29 is 19.1 Å². The molecule has 110 valence electrons. The van der Waals surface area contributed by atoms with Crippen LogP contribution in [-0.2, 0) is 14.3 Å². The number of ether oxygens (including phenoxy) is 2. The summed E-state index contributed by atoms with van der Waals surface area (Å²) in [4.78, 5) is 23.4. The smallest absolute Gasteiger partial charge is 0.407 e. The number of amides is 1. The molecule has 1 amide bonds. The second-order valence-electron chi connectivity index (χ2n) is 5.96. The van der Waals surface area contributed by atoms with Gasteiger partial charge in [0.25, 0.3) is 0 Å². The lowest BCUT2D eigenvalue weighted by molar-refractivity contribution is -0.149. The summed E-state index contributed by atoms with van der Waals surface area (Å²) in [6, 6.07) is -0.00185. The monoisotopic (exact) mass is 271 g/mol. The summed E-state index contributed by atoms with van der Waals surface area (Å²) >= 11 is 0. The molecule has 0 aromatic heterocycles. The fraction of sp³-hybridized carbons (Fsp3) is 0.857. The second kappa shape index (κ2) is 6.78. The van der Waals surface area contributed by atoms with E-state index < -0.39 is 11.7 Å². The highest BCUT2D eigenvalue weighted by atomic mass is 16.6.